The summed E-state index contributed by atoms with van der Waals surface area (Å²) in [6, 6.07) is 52.4. The summed E-state index contributed by atoms with van der Waals surface area (Å²) >= 11 is 0. The molecule has 0 aliphatic carbocycles. The molecule has 4 aliphatic heterocycles. The number of hydrogen-bond donors (Lipinski definition) is 0. The highest BCUT2D eigenvalue weighted by molar-refractivity contribution is 6.95. The highest BCUT2D eigenvalue weighted by Crippen LogP contribution is 2.60. The van der Waals surface area contributed by atoms with Crippen molar-refractivity contribution in [3.05, 3.63) is 162 Å². The van der Waals surface area contributed by atoms with Crippen LogP contribution in [-0.4, -0.2) is 6.85 Å². The van der Waals surface area contributed by atoms with Crippen LogP contribution >= 0.6 is 0 Å². The van der Waals surface area contributed by atoms with Crippen LogP contribution in [0.25, 0.3) is 33.4 Å². The van der Waals surface area contributed by atoms with Gasteiger partial charge in [-0.3, -0.25) is 0 Å². The first kappa shape index (κ1) is 34.3. The van der Waals surface area contributed by atoms with Gasteiger partial charge in [0.1, 0.15) is 11.5 Å². The van der Waals surface area contributed by atoms with Crippen LogP contribution in [-0.2, 0) is 16.2 Å². The summed E-state index contributed by atoms with van der Waals surface area (Å²) in [6.07, 6.45) is 0. The fourth-order valence-corrected chi connectivity index (χ4v) is 10.0. The van der Waals surface area contributed by atoms with Gasteiger partial charge in [-0.05, 0) is 127 Å². The van der Waals surface area contributed by atoms with Crippen LogP contribution in [0.3, 0.4) is 0 Å². The number of anilines is 5. The lowest BCUT2D eigenvalue weighted by Gasteiger charge is -2.47. The third-order valence-electron chi connectivity index (χ3n) is 13.1. The summed E-state index contributed by atoms with van der Waals surface area (Å²) in [7, 11) is 0. The topological polar surface area (TPSA) is 15.7 Å². The van der Waals surface area contributed by atoms with Gasteiger partial charge in [-0.2, -0.15) is 0 Å². The van der Waals surface area contributed by atoms with Gasteiger partial charge in [-0.1, -0.05) is 128 Å². The van der Waals surface area contributed by atoms with Crippen LogP contribution in [0.1, 0.15) is 77.6 Å². The third kappa shape index (κ3) is 4.86. The monoisotopic (exact) mass is 738 g/mol. The van der Waals surface area contributed by atoms with E-state index in [0.29, 0.717) is 0 Å². The molecule has 7 aromatic rings. The fourth-order valence-electron chi connectivity index (χ4n) is 10.0. The van der Waals surface area contributed by atoms with Crippen LogP contribution < -0.4 is 25.4 Å². The standard InChI is InChI=1S/C53H47BN2O/c1-51(2,3)34-23-24-44-45(28-34)55(36-19-13-10-14-20-36)46-29-35(52(4,5)6)27-40-39-26-33(32-17-11-9-12-18-32)25-38-37-30-42-48(31-43(37)54(49(38)39)56(44)50(40)46)57-47-22-16-15-21-41(47)53(42,7)8/h9-31H,1-8H3. The number of hydrogen-bond acceptors (Lipinski definition) is 3. The Morgan fingerprint density at radius 1 is 0.509 bits per heavy atom. The van der Waals surface area contributed by atoms with Crippen molar-refractivity contribution in [3.8, 4) is 44.9 Å². The van der Waals surface area contributed by atoms with E-state index in [0.717, 1.165) is 17.2 Å². The summed E-state index contributed by atoms with van der Waals surface area (Å²) in [5, 5.41) is 0. The SMILES string of the molecule is CC(C)(C)c1ccc2c(c1)N(c1ccccc1)c1cc(C(C)(C)C)cc3c1N2B1c2cc4c(cc2-c2cc(-c5ccccc5)cc-3c21)C(C)(C)c1ccccc1O4. The second-order valence-electron chi connectivity index (χ2n) is 19.0. The van der Waals surface area contributed by atoms with Gasteiger partial charge in [-0.15, -0.1) is 0 Å². The summed E-state index contributed by atoms with van der Waals surface area (Å²) in [5.74, 6) is 1.90. The lowest BCUT2D eigenvalue weighted by molar-refractivity contribution is 0.418. The molecule has 57 heavy (non-hydrogen) atoms. The van der Waals surface area contributed by atoms with E-state index in [4.69, 9.17) is 4.74 Å². The van der Waals surface area contributed by atoms with Gasteiger partial charge in [-0.25, -0.2) is 0 Å². The fraction of sp³-hybridized carbons (Fsp3) is 0.208. The Labute approximate surface area is 337 Å². The Morgan fingerprint density at radius 3 is 1.88 bits per heavy atom. The van der Waals surface area contributed by atoms with Crippen LogP contribution in [0.15, 0.2) is 140 Å². The lowest BCUT2D eigenvalue weighted by Crippen LogP contribution is -2.56. The molecule has 0 fully saturated rings. The zero-order valence-corrected chi connectivity index (χ0v) is 34.2. The minimum Gasteiger partial charge on any atom is -0.457 e. The zero-order chi connectivity index (χ0) is 39.2. The smallest absolute Gasteiger partial charge is 0.330 e. The van der Waals surface area contributed by atoms with Gasteiger partial charge in [0.2, 0.25) is 0 Å². The average molecular weight is 739 g/mol. The Balaban J connectivity index is 1.27. The molecular weight excluding hydrogens is 691 g/mol. The Bertz CT molecular complexity index is 2830. The van der Waals surface area contributed by atoms with Crippen molar-refractivity contribution in [2.24, 2.45) is 0 Å². The molecule has 4 aliphatic rings. The van der Waals surface area contributed by atoms with Crippen LogP contribution in [0, 0.1) is 0 Å². The highest BCUT2D eigenvalue weighted by atomic mass is 16.5. The number of para-hydroxylation sites is 2. The summed E-state index contributed by atoms with van der Waals surface area (Å²) in [6.45, 7) is 18.6. The highest BCUT2D eigenvalue weighted by Gasteiger charge is 2.50. The number of fused-ring (bicyclic) bond motifs is 9. The normalized spacial score (nSPS) is 15.2. The van der Waals surface area contributed by atoms with Crippen LogP contribution in [0.2, 0.25) is 0 Å². The van der Waals surface area contributed by atoms with Crippen LogP contribution in [0.4, 0.5) is 28.4 Å². The Kier molecular flexibility index (Phi) is 6.94. The molecule has 0 N–H and O–H groups in total. The molecule has 0 radical (unpaired) electrons. The molecule has 11 rings (SSSR count). The molecule has 0 saturated carbocycles. The van der Waals surface area contributed by atoms with Crippen molar-refractivity contribution in [1.82, 2.24) is 0 Å². The van der Waals surface area contributed by atoms with E-state index >= 15 is 0 Å². The van der Waals surface area contributed by atoms with Crippen molar-refractivity contribution in [3.63, 3.8) is 0 Å². The largest absolute Gasteiger partial charge is 0.457 e. The first-order valence-electron chi connectivity index (χ1n) is 20.5. The predicted octanol–water partition coefficient (Wildman–Crippen LogP) is 13.1. The first-order chi connectivity index (χ1) is 27.3. The minimum absolute atomic E-state index is 0.0228. The maximum Gasteiger partial charge on any atom is 0.330 e. The molecule has 3 nitrogen and oxygen atoms in total. The summed E-state index contributed by atoms with van der Waals surface area (Å²) < 4.78 is 6.87. The van der Waals surface area contributed by atoms with Crippen molar-refractivity contribution < 1.29 is 4.74 Å². The number of ether oxygens (including phenoxy) is 1. The molecule has 0 saturated heterocycles. The Morgan fingerprint density at radius 2 is 1.16 bits per heavy atom. The van der Waals surface area contributed by atoms with Crippen molar-refractivity contribution >= 4 is 46.2 Å². The van der Waals surface area contributed by atoms with Crippen molar-refractivity contribution in [1.29, 1.82) is 0 Å². The van der Waals surface area contributed by atoms with E-state index < -0.39 is 0 Å². The van der Waals surface area contributed by atoms with E-state index in [2.05, 4.69) is 205 Å². The van der Waals surface area contributed by atoms with E-state index in [9.17, 15) is 0 Å². The second kappa shape index (κ2) is 11.5. The van der Waals surface area contributed by atoms with Gasteiger partial charge in [0.05, 0.1) is 22.7 Å². The number of nitrogens with zero attached hydrogens (tertiary/aromatic N) is 2. The van der Waals surface area contributed by atoms with Gasteiger partial charge in [0, 0.05) is 27.8 Å². The van der Waals surface area contributed by atoms with Gasteiger partial charge < -0.3 is 14.4 Å². The van der Waals surface area contributed by atoms with Gasteiger partial charge >= 0.3 is 6.85 Å². The molecule has 0 spiro atoms. The zero-order valence-electron chi connectivity index (χ0n) is 34.2. The summed E-state index contributed by atoms with van der Waals surface area (Å²) in [4.78, 5) is 5.22. The maximum atomic E-state index is 6.87. The number of benzene rings is 7. The minimum atomic E-state index is -0.230. The van der Waals surface area contributed by atoms with Crippen molar-refractivity contribution in [2.75, 3.05) is 9.71 Å². The molecule has 0 atom stereocenters. The molecule has 7 aromatic carbocycles. The van der Waals surface area contributed by atoms with Crippen LogP contribution in [0.5, 0.6) is 11.5 Å². The molecule has 0 amide bonds. The van der Waals surface area contributed by atoms with E-state index in [-0.39, 0.29) is 23.1 Å². The molecule has 4 heterocycles. The van der Waals surface area contributed by atoms with E-state index in [1.54, 1.807) is 0 Å². The maximum absolute atomic E-state index is 6.87. The molecule has 278 valence electrons. The number of rotatable bonds is 2. The summed E-state index contributed by atoms with van der Waals surface area (Å²) in [5.41, 5.74) is 21.2. The van der Waals surface area contributed by atoms with E-state index in [1.165, 1.54) is 89.3 Å². The quantitative estimate of drug-likeness (QED) is 0.164. The molecular formula is C53H47BN2O. The second-order valence-corrected chi connectivity index (χ2v) is 19.0. The average Bonchev–Trinajstić information content (AvgIpc) is 3.51. The molecule has 0 aromatic heterocycles. The molecule has 0 unspecified atom stereocenters. The Hall–Kier alpha value is -6.00. The van der Waals surface area contributed by atoms with E-state index in [1.807, 2.05) is 0 Å². The third-order valence-corrected chi connectivity index (χ3v) is 13.1. The lowest BCUT2D eigenvalue weighted by atomic mass is 9.47. The molecule has 0 bridgehead atoms. The predicted molar refractivity (Wildman–Crippen MR) is 241 cm³/mol. The van der Waals surface area contributed by atoms with Crippen molar-refractivity contribution in [2.45, 2.75) is 71.6 Å². The first-order valence-corrected chi connectivity index (χ1v) is 20.5. The van der Waals surface area contributed by atoms with Gasteiger partial charge in [0.15, 0.2) is 0 Å². The molecule has 4 heteroatoms. The van der Waals surface area contributed by atoms with Gasteiger partial charge in [0.25, 0.3) is 0 Å².